The van der Waals surface area contributed by atoms with Gasteiger partial charge in [-0.2, -0.15) is 5.10 Å². The molecule has 0 fully saturated rings. The molecule has 166 valence electrons. The number of carbonyl (C=O) groups excluding carboxylic acids is 1. The summed E-state index contributed by atoms with van der Waals surface area (Å²) >= 11 is 5.65. The summed E-state index contributed by atoms with van der Waals surface area (Å²) in [5, 5.41) is 7.10. The van der Waals surface area contributed by atoms with Gasteiger partial charge in [0.25, 0.3) is 5.91 Å². The van der Waals surface area contributed by atoms with Gasteiger partial charge in [-0.25, -0.2) is 5.43 Å². The summed E-state index contributed by atoms with van der Waals surface area (Å²) in [5.74, 6) is 1.08. The van der Waals surface area contributed by atoms with Crippen LogP contribution in [0, 0.1) is 3.57 Å². The highest BCUT2D eigenvalue weighted by atomic mass is 127. The van der Waals surface area contributed by atoms with E-state index in [1.54, 1.807) is 6.21 Å². The first-order valence-corrected chi connectivity index (χ1v) is 11.9. The van der Waals surface area contributed by atoms with Crippen molar-refractivity contribution >= 4 is 56.3 Å². The standard InChI is InChI=1S/C24H23BrIN3O3/c1-2-31-22-13-18(14-28-29-23(30)15-27-20-6-4-3-5-7-20)12-21(26)24(22)32-16-17-8-10-19(25)11-9-17/h3-14,27H,2,15-16H2,1H3,(H,29,30)/b28-14-. The van der Waals surface area contributed by atoms with Gasteiger partial charge >= 0.3 is 0 Å². The molecule has 3 aromatic carbocycles. The van der Waals surface area contributed by atoms with Gasteiger partial charge in [0.2, 0.25) is 0 Å². The summed E-state index contributed by atoms with van der Waals surface area (Å²) in [6.07, 6.45) is 1.59. The lowest BCUT2D eigenvalue weighted by atomic mass is 10.2. The van der Waals surface area contributed by atoms with Gasteiger partial charge in [0.05, 0.1) is 22.9 Å². The van der Waals surface area contributed by atoms with Crippen molar-refractivity contribution < 1.29 is 14.3 Å². The number of ether oxygens (including phenoxy) is 2. The zero-order valence-corrected chi connectivity index (χ0v) is 21.2. The van der Waals surface area contributed by atoms with Gasteiger partial charge in [0.1, 0.15) is 6.61 Å². The normalized spacial score (nSPS) is 10.7. The topological polar surface area (TPSA) is 72.0 Å². The number of para-hydroxylation sites is 1. The van der Waals surface area contributed by atoms with E-state index >= 15 is 0 Å². The predicted octanol–water partition coefficient (Wildman–Crippen LogP) is 5.59. The Morgan fingerprint density at radius 3 is 2.56 bits per heavy atom. The zero-order valence-electron chi connectivity index (χ0n) is 17.5. The van der Waals surface area contributed by atoms with Gasteiger partial charge in [0.15, 0.2) is 11.5 Å². The van der Waals surface area contributed by atoms with Gasteiger partial charge in [-0.05, 0) is 77.0 Å². The van der Waals surface area contributed by atoms with Crippen LogP contribution in [0.25, 0.3) is 0 Å². The van der Waals surface area contributed by atoms with Crippen molar-refractivity contribution in [2.75, 3.05) is 18.5 Å². The number of hydrazone groups is 1. The van der Waals surface area contributed by atoms with Crippen LogP contribution < -0.4 is 20.2 Å². The van der Waals surface area contributed by atoms with E-state index in [4.69, 9.17) is 9.47 Å². The molecule has 8 heteroatoms. The highest BCUT2D eigenvalue weighted by Crippen LogP contribution is 2.34. The molecule has 0 aliphatic carbocycles. The molecule has 1 amide bonds. The molecule has 6 nitrogen and oxygen atoms in total. The van der Waals surface area contributed by atoms with E-state index in [1.165, 1.54) is 0 Å². The number of carbonyl (C=O) groups is 1. The number of halogens is 2. The highest BCUT2D eigenvalue weighted by molar-refractivity contribution is 14.1. The number of hydrogen-bond donors (Lipinski definition) is 2. The summed E-state index contributed by atoms with van der Waals surface area (Å²) in [7, 11) is 0. The van der Waals surface area contributed by atoms with Gasteiger partial charge in [-0.3, -0.25) is 4.79 Å². The average molecular weight is 608 g/mol. The first-order valence-electron chi connectivity index (χ1n) is 9.99. The van der Waals surface area contributed by atoms with Crippen molar-refractivity contribution in [3.05, 3.63) is 85.9 Å². The van der Waals surface area contributed by atoms with E-state index < -0.39 is 0 Å². The van der Waals surface area contributed by atoms with Crippen LogP contribution in [0.4, 0.5) is 5.69 Å². The first-order chi connectivity index (χ1) is 15.5. The summed E-state index contributed by atoms with van der Waals surface area (Å²) < 4.78 is 13.8. The van der Waals surface area contributed by atoms with Crippen LogP contribution in [-0.4, -0.2) is 25.3 Å². The number of hydrogen-bond acceptors (Lipinski definition) is 5. The minimum atomic E-state index is -0.237. The molecule has 3 aromatic rings. The molecule has 0 heterocycles. The third-order valence-corrected chi connectivity index (χ3v) is 5.59. The van der Waals surface area contributed by atoms with Gasteiger partial charge in [0, 0.05) is 10.2 Å². The first kappa shape index (κ1) is 24.1. The lowest BCUT2D eigenvalue weighted by molar-refractivity contribution is -0.119. The summed E-state index contributed by atoms with van der Waals surface area (Å²) in [4.78, 5) is 12.0. The SMILES string of the molecule is CCOc1cc(/C=N\NC(=O)CNc2ccccc2)cc(I)c1OCc1ccc(Br)cc1. The second-order valence-corrected chi connectivity index (χ2v) is 8.77. The van der Waals surface area contributed by atoms with E-state index in [2.05, 4.69) is 54.4 Å². The zero-order chi connectivity index (χ0) is 22.8. The Bertz CT molecular complexity index is 1060. The van der Waals surface area contributed by atoms with Crippen molar-refractivity contribution in [1.82, 2.24) is 5.43 Å². The molecule has 2 N–H and O–H groups in total. The summed E-state index contributed by atoms with van der Waals surface area (Å²) in [6.45, 7) is 2.99. The lowest BCUT2D eigenvalue weighted by Gasteiger charge is -2.15. The van der Waals surface area contributed by atoms with E-state index in [9.17, 15) is 4.79 Å². The predicted molar refractivity (Wildman–Crippen MR) is 139 cm³/mol. The third-order valence-electron chi connectivity index (χ3n) is 4.26. The van der Waals surface area contributed by atoms with Crippen LogP contribution in [-0.2, 0) is 11.4 Å². The number of nitrogens with one attached hydrogen (secondary N) is 2. The van der Waals surface area contributed by atoms with Gasteiger partial charge in [-0.15, -0.1) is 0 Å². The van der Waals surface area contributed by atoms with Crippen molar-refractivity contribution in [2.24, 2.45) is 5.10 Å². The van der Waals surface area contributed by atoms with Crippen molar-refractivity contribution in [3.8, 4) is 11.5 Å². The maximum absolute atomic E-state index is 12.0. The molecule has 0 bridgehead atoms. The number of nitrogens with zero attached hydrogens (tertiary/aromatic N) is 1. The van der Waals surface area contributed by atoms with Crippen LogP contribution in [0.5, 0.6) is 11.5 Å². The average Bonchev–Trinajstić information content (AvgIpc) is 2.79. The molecular weight excluding hydrogens is 585 g/mol. The Kier molecular flexibility index (Phi) is 9.36. The Labute approximate surface area is 209 Å². The van der Waals surface area contributed by atoms with Crippen LogP contribution >= 0.6 is 38.5 Å². The fraction of sp³-hybridized carbons (Fsp3) is 0.167. The number of benzene rings is 3. The molecule has 0 spiro atoms. The molecule has 32 heavy (non-hydrogen) atoms. The van der Waals surface area contributed by atoms with Crippen LogP contribution in [0.15, 0.2) is 76.3 Å². The minimum absolute atomic E-state index is 0.131. The molecule has 0 aliphatic rings. The molecule has 0 aromatic heterocycles. The molecular formula is C24H23BrIN3O3. The van der Waals surface area contributed by atoms with Crippen molar-refractivity contribution in [2.45, 2.75) is 13.5 Å². The Hall–Kier alpha value is -2.59. The van der Waals surface area contributed by atoms with Crippen LogP contribution in [0.3, 0.4) is 0 Å². The quantitative estimate of drug-likeness (QED) is 0.179. The smallest absolute Gasteiger partial charge is 0.259 e. The summed E-state index contributed by atoms with van der Waals surface area (Å²) in [5.41, 5.74) is 5.26. The molecule has 0 unspecified atom stereocenters. The fourth-order valence-corrected chi connectivity index (χ4v) is 3.80. The molecule has 3 rings (SSSR count). The van der Waals surface area contributed by atoms with Gasteiger partial charge < -0.3 is 14.8 Å². The minimum Gasteiger partial charge on any atom is -0.490 e. The fourth-order valence-electron chi connectivity index (χ4n) is 2.76. The molecule has 0 saturated heterocycles. The van der Waals surface area contributed by atoms with E-state index in [0.717, 1.165) is 24.9 Å². The van der Waals surface area contributed by atoms with E-state index in [1.807, 2.05) is 73.7 Å². The van der Waals surface area contributed by atoms with Gasteiger partial charge in [-0.1, -0.05) is 46.3 Å². The maximum Gasteiger partial charge on any atom is 0.259 e. The summed E-state index contributed by atoms with van der Waals surface area (Å²) in [6, 6.07) is 21.3. The third kappa shape index (κ3) is 7.52. The monoisotopic (exact) mass is 607 g/mol. The second kappa shape index (κ2) is 12.4. The maximum atomic E-state index is 12.0. The Balaban J connectivity index is 1.61. The number of anilines is 1. The van der Waals surface area contributed by atoms with Crippen molar-refractivity contribution in [1.29, 1.82) is 0 Å². The largest absolute Gasteiger partial charge is 0.490 e. The number of amides is 1. The lowest BCUT2D eigenvalue weighted by Crippen LogP contribution is -2.25. The molecule has 0 atom stereocenters. The van der Waals surface area contributed by atoms with E-state index in [0.29, 0.717) is 24.7 Å². The van der Waals surface area contributed by atoms with E-state index in [-0.39, 0.29) is 12.5 Å². The Morgan fingerprint density at radius 2 is 1.84 bits per heavy atom. The number of rotatable bonds is 10. The Morgan fingerprint density at radius 1 is 1.09 bits per heavy atom. The van der Waals surface area contributed by atoms with Crippen molar-refractivity contribution in [3.63, 3.8) is 0 Å². The second-order valence-electron chi connectivity index (χ2n) is 6.69. The molecule has 0 radical (unpaired) electrons. The van der Waals surface area contributed by atoms with Crippen LogP contribution in [0.2, 0.25) is 0 Å². The highest BCUT2D eigenvalue weighted by Gasteiger charge is 2.12. The van der Waals surface area contributed by atoms with Crippen LogP contribution in [0.1, 0.15) is 18.1 Å². The molecule has 0 saturated carbocycles. The molecule has 0 aliphatic heterocycles.